The standard InChI is InChI=1S/C15H28/c1-13(2,3)15(14(4,5)6)8-7-11-9-12(11)10-15/h11-12H,7-10H2,1-6H3. The zero-order valence-electron chi connectivity index (χ0n) is 11.5. The van der Waals surface area contributed by atoms with Gasteiger partial charge in [0.2, 0.25) is 0 Å². The zero-order valence-corrected chi connectivity index (χ0v) is 11.5. The highest BCUT2D eigenvalue weighted by atomic mass is 14.6. The summed E-state index contributed by atoms with van der Waals surface area (Å²) in [5, 5.41) is 0. The molecule has 0 amide bonds. The van der Waals surface area contributed by atoms with Crippen LogP contribution in [-0.4, -0.2) is 0 Å². The summed E-state index contributed by atoms with van der Waals surface area (Å²) < 4.78 is 0. The van der Waals surface area contributed by atoms with E-state index in [0.717, 1.165) is 11.8 Å². The van der Waals surface area contributed by atoms with Gasteiger partial charge in [0, 0.05) is 0 Å². The third-order valence-electron chi connectivity index (χ3n) is 5.49. The third-order valence-corrected chi connectivity index (χ3v) is 5.49. The fraction of sp³-hybridized carbons (Fsp3) is 1.00. The number of hydrogen-bond donors (Lipinski definition) is 0. The van der Waals surface area contributed by atoms with E-state index in [0.29, 0.717) is 16.2 Å². The van der Waals surface area contributed by atoms with Crippen molar-refractivity contribution in [2.75, 3.05) is 0 Å². The van der Waals surface area contributed by atoms with E-state index in [-0.39, 0.29) is 0 Å². The van der Waals surface area contributed by atoms with Crippen LogP contribution in [0.25, 0.3) is 0 Å². The first kappa shape index (κ1) is 11.5. The molecule has 2 rings (SSSR count). The second-order valence-corrected chi connectivity index (χ2v) is 8.08. The predicted molar refractivity (Wildman–Crippen MR) is 66.8 cm³/mol. The summed E-state index contributed by atoms with van der Waals surface area (Å²) >= 11 is 0. The number of rotatable bonds is 0. The molecule has 15 heavy (non-hydrogen) atoms. The minimum atomic E-state index is 0.457. The summed E-state index contributed by atoms with van der Waals surface area (Å²) in [6, 6.07) is 0. The molecule has 0 bridgehead atoms. The van der Waals surface area contributed by atoms with Crippen molar-refractivity contribution in [3.63, 3.8) is 0 Å². The second kappa shape index (κ2) is 3.02. The Kier molecular flexibility index (Phi) is 2.31. The Morgan fingerprint density at radius 1 is 0.867 bits per heavy atom. The lowest BCUT2D eigenvalue weighted by Gasteiger charge is -2.56. The number of hydrogen-bond acceptors (Lipinski definition) is 0. The maximum absolute atomic E-state index is 2.46. The summed E-state index contributed by atoms with van der Waals surface area (Å²) in [4.78, 5) is 0. The quantitative estimate of drug-likeness (QED) is 0.532. The third kappa shape index (κ3) is 1.65. The van der Waals surface area contributed by atoms with Gasteiger partial charge < -0.3 is 0 Å². The summed E-state index contributed by atoms with van der Waals surface area (Å²) in [6.45, 7) is 14.8. The molecule has 0 N–H and O–H groups in total. The molecule has 0 nitrogen and oxygen atoms in total. The Morgan fingerprint density at radius 2 is 1.40 bits per heavy atom. The SMILES string of the molecule is CC(C)(C)C1(C(C)(C)C)CCC2CC2C1. The van der Waals surface area contributed by atoms with E-state index < -0.39 is 0 Å². The molecule has 0 heteroatoms. The van der Waals surface area contributed by atoms with Crippen LogP contribution in [0.4, 0.5) is 0 Å². The molecular formula is C15H28. The van der Waals surface area contributed by atoms with Crippen LogP contribution in [0.5, 0.6) is 0 Å². The van der Waals surface area contributed by atoms with Gasteiger partial charge in [0.05, 0.1) is 0 Å². The van der Waals surface area contributed by atoms with Gasteiger partial charge in [0.25, 0.3) is 0 Å². The molecule has 0 spiro atoms. The topological polar surface area (TPSA) is 0 Å². The summed E-state index contributed by atoms with van der Waals surface area (Å²) in [6.07, 6.45) is 5.99. The van der Waals surface area contributed by atoms with Crippen molar-refractivity contribution in [3.05, 3.63) is 0 Å². The van der Waals surface area contributed by atoms with Crippen molar-refractivity contribution in [3.8, 4) is 0 Å². The number of fused-ring (bicyclic) bond motifs is 1. The average Bonchev–Trinajstić information content (AvgIpc) is 2.75. The average molecular weight is 208 g/mol. The highest BCUT2D eigenvalue weighted by Gasteiger charge is 2.57. The monoisotopic (exact) mass is 208 g/mol. The lowest BCUT2D eigenvalue weighted by Crippen LogP contribution is -2.48. The smallest absolute Gasteiger partial charge is 0.0197 e. The Morgan fingerprint density at radius 3 is 1.80 bits per heavy atom. The highest BCUT2D eigenvalue weighted by Crippen LogP contribution is 2.66. The second-order valence-electron chi connectivity index (χ2n) is 8.08. The van der Waals surface area contributed by atoms with E-state index in [4.69, 9.17) is 0 Å². The van der Waals surface area contributed by atoms with Crippen LogP contribution in [0.3, 0.4) is 0 Å². The normalized spacial score (nSPS) is 34.8. The first-order chi connectivity index (χ1) is 6.67. The van der Waals surface area contributed by atoms with Crippen molar-refractivity contribution in [1.29, 1.82) is 0 Å². The van der Waals surface area contributed by atoms with Crippen LogP contribution < -0.4 is 0 Å². The minimum absolute atomic E-state index is 0.457. The van der Waals surface area contributed by atoms with E-state index >= 15 is 0 Å². The van der Waals surface area contributed by atoms with Gasteiger partial charge in [-0.05, 0) is 53.8 Å². The molecule has 0 saturated heterocycles. The fourth-order valence-corrected chi connectivity index (χ4v) is 4.38. The van der Waals surface area contributed by atoms with Crippen molar-refractivity contribution >= 4 is 0 Å². The van der Waals surface area contributed by atoms with E-state index in [1.165, 1.54) is 25.7 Å². The largest absolute Gasteiger partial charge is 0.0596 e. The lowest BCUT2D eigenvalue weighted by atomic mass is 9.49. The van der Waals surface area contributed by atoms with Gasteiger partial charge in [-0.3, -0.25) is 0 Å². The van der Waals surface area contributed by atoms with E-state index in [1.807, 2.05) is 0 Å². The van der Waals surface area contributed by atoms with Gasteiger partial charge in [0.1, 0.15) is 0 Å². The zero-order chi connectivity index (χ0) is 11.5. The van der Waals surface area contributed by atoms with E-state index in [1.54, 1.807) is 0 Å². The molecule has 2 aliphatic rings. The lowest BCUT2D eigenvalue weighted by molar-refractivity contribution is -0.0672. The molecule has 0 heterocycles. The van der Waals surface area contributed by atoms with Gasteiger partial charge in [-0.15, -0.1) is 0 Å². The Bertz CT molecular complexity index is 234. The first-order valence-corrected chi connectivity index (χ1v) is 6.67. The highest BCUT2D eigenvalue weighted by molar-refractivity contribution is 5.07. The summed E-state index contributed by atoms with van der Waals surface area (Å²) in [5.41, 5.74) is 1.48. The Hall–Kier alpha value is 0. The van der Waals surface area contributed by atoms with Gasteiger partial charge in [-0.25, -0.2) is 0 Å². The first-order valence-electron chi connectivity index (χ1n) is 6.67. The molecule has 2 aliphatic carbocycles. The maximum atomic E-state index is 2.46. The van der Waals surface area contributed by atoms with Crippen molar-refractivity contribution in [2.24, 2.45) is 28.1 Å². The van der Waals surface area contributed by atoms with Gasteiger partial charge in [-0.2, -0.15) is 0 Å². The molecular weight excluding hydrogens is 180 g/mol. The van der Waals surface area contributed by atoms with Crippen molar-refractivity contribution < 1.29 is 0 Å². The molecule has 0 aromatic carbocycles. The molecule has 2 saturated carbocycles. The van der Waals surface area contributed by atoms with Crippen LogP contribution in [0.2, 0.25) is 0 Å². The van der Waals surface area contributed by atoms with Crippen LogP contribution >= 0.6 is 0 Å². The summed E-state index contributed by atoms with van der Waals surface area (Å²) in [7, 11) is 0. The Labute approximate surface area is 95.8 Å². The van der Waals surface area contributed by atoms with E-state index in [9.17, 15) is 0 Å². The molecule has 2 atom stereocenters. The van der Waals surface area contributed by atoms with Gasteiger partial charge in [-0.1, -0.05) is 41.5 Å². The molecule has 0 aromatic heterocycles. The van der Waals surface area contributed by atoms with Crippen molar-refractivity contribution in [2.45, 2.75) is 67.2 Å². The van der Waals surface area contributed by atoms with Crippen LogP contribution in [0.15, 0.2) is 0 Å². The van der Waals surface area contributed by atoms with Crippen LogP contribution in [-0.2, 0) is 0 Å². The molecule has 88 valence electrons. The molecule has 2 unspecified atom stereocenters. The Balaban J connectivity index is 2.31. The van der Waals surface area contributed by atoms with Crippen LogP contribution in [0, 0.1) is 28.1 Å². The van der Waals surface area contributed by atoms with Crippen LogP contribution in [0.1, 0.15) is 67.2 Å². The van der Waals surface area contributed by atoms with Gasteiger partial charge in [0.15, 0.2) is 0 Å². The summed E-state index contributed by atoms with van der Waals surface area (Å²) in [5.74, 6) is 2.19. The van der Waals surface area contributed by atoms with Gasteiger partial charge >= 0.3 is 0 Å². The minimum Gasteiger partial charge on any atom is -0.0596 e. The van der Waals surface area contributed by atoms with Crippen molar-refractivity contribution in [1.82, 2.24) is 0 Å². The molecule has 0 aromatic rings. The van der Waals surface area contributed by atoms with E-state index in [2.05, 4.69) is 41.5 Å². The maximum Gasteiger partial charge on any atom is -0.0197 e. The molecule has 0 radical (unpaired) electrons. The fourth-order valence-electron chi connectivity index (χ4n) is 4.38. The molecule has 2 fully saturated rings. The molecule has 0 aliphatic heterocycles. The predicted octanol–water partition coefficient (Wildman–Crippen LogP) is 4.89.